The second kappa shape index (κ2) is 6.07. The molecule has 100 valence electrons. The Morgan fingerprint density at radius 1 is 1.28 bits per heavy atom. The van der Waals surface area contributed by atoms with Gasteiger partial charge in [-0.15, -0.1) is 0 Å². The minimum Gasteiger partial charge on any atom is -0.493 e. The molecule has 4 nitrogen and oxygen atoms in total. The fraction of sp³-hybridized carbons (Fsp3) is 0.571. The van der Waals surface area contributed by atoms with Crippen LogP contribution in [0, 0.1) is 0 Å². The maximum atomic E-state index is 5.56. The lowest BCUT2D eigenvalue weighted by Gasteiger charge is -2.30. The molecule has 1 heterocycles. The SMILES string of the molecule is COc1ccc2c(c1OC)CCN(CCCN)C2. The summed E-state index contributed by atoms with van der Waals surface area (Å²) in [5, 5.41) is 0. The quantitative estimate of drug-likeness (QED) is 0.858. The Bertz CT molecular complexity index is 407. The third-order valence-corrected chi connectivity index (χ3v) is 3.50. The lowest BCUT2D eigenvalue weighted by Crippen LogP contribution is -2.32. The zero-order valence-electron chi connectivity index (χ0n) is 11.2. The molecule has 0 fully saturated rings. The number of nitrogens with zero attached hydrogens (tertiary/aromatic N) is 1. The number of fused-ring (bicyclic) bond motifs is 1. The molecule has 0 amide bonds. The van der Waals surface area contributed by atoms with E-state index in [0.29, 0.717) is 0 Å². The molecule has 1 aromatic carbocycles. The maximum Gasteiger partial charge on any atom is 0.164 e. The van der Waals surface area contributed by atoms with Crippen LogP contribution in [0.25, 0.3) is 0 Å². The van der Waals surface area contributed by atoms with Crippen LogP contribution in [0.15, 0.2) is 12.1 Å². The van der Waals surface area contributed by atoms with Gasteiger partial charge in [0.2, 0.25) is 0 Å². The predicted octanol–water partition coefficient (Wildman–Crippen LogP) is 1.41. The number of rotatable bonds is 5. The van der Waals surface area contributed by atoms with Crippen molar-refractivity contribution in [3.63, 3.8) is 0 Å². The molecule has 1 aliphatic heterocycles. The van der Waals surface area contributed by atoms with Gasteiger partial charge in [0.05, 0.1) is 14.2 Å². The molecule has 0 unspecified atom stereocenters. The van der Waals surface area contributed by atoms with Crippen LogP contribution in [-0.2, 0) is 13.0 Å². The van der Waals surface area contributed by atoms with Crippen LogP contribution in [0.2, 0.25) is 0 Å². The zero-order valence-corrected chi connectivity index (χ0v) is 11.2. The monoisotopic (exact) mass is 250 g/mol. The summed E-state index contributed by atoms with van der Waals surface area (Å²) in [5.41, 5.74) is 8.20. The molecule has 0 bridgehead atoms. The van der Waals surface area contributed by atoms with E-state index in [0.717, 1.165) is 50.5 Å². The summed E-state index contributed by atoms with van der Waals surface area (Å²) in [5.74, 6) is 1.72. The molecule has 0 saturated heterocycles. The van der Waals surface area contributed by atoms with Gasteiger partial charge in [-0.2, -0.15) is 0 Å². The second-order valence-electron chi connectivity index (χ2n) is 4.61. The fourth-order valence-corrected chi connectivity index (χ4v) is 2.55. The van der Waals surface area contributed by atoms with Crippen molar-refractivity contribution in [3.05, 3.63) is 23.3 Å². The van der Waals surface area contributed by atoms with E-state index < -0.39 is 0 Å². The van der Waals surface area contributed by atoms with Crippen molar-refractivity contribution in [2.75, 3.05) is 33.9 Å². The predicted molar refractivity (Wildman–Crippen MR) is 72.2 cm³/mol. The van der Waals surface area contributed by atoms with Crippen LogP contribution in [0.1, 0.15) is 17.5 Å². The average Bonchev–Trinajstić information content (AvgIpc) is 2.43. The molecule has 0 spiro atoms. The Labute approximate surface area is 109 Å². The number of hydrogen-bond acceptors (Lipinski definition) is 4. The largest absolute Gasteiger partial charge is 0.493 e. The summed E-state index contributed by atoms with van der Waals surface area (Å²) in [4.78, 5) is 2.45. The Hall–Kier alpha value is -1.26. The number of ether oxygens (including phenoxy) is 2. The molecule has 0 radical (unpaired) electrons. The van der Waals surface area contributed by atoms with Crippen LogP contribution < -0.4 is 15.2 Å². The standard InChI is InChI=1S/C14H22N2O2/c1-17-13-5-4-11-10-16(8-3-7-15)9-6-12(11)14(13)18-2/h4-5H,3,6-10,15H2,1-2H3. The number of hydrogen-bond donors (Lipinski definition) is 1. The van der Waals surface area contributed by atoms with Gasteiger partial charge in [0.1, 0.15) is 0 Å². The van der Waals surface area contributed by atoms with E-state index in [4.69, 9.17) is 15.2 Å². The Kier molecular flexibility index (Phi) is 4.44. The molecule has 2 N–H and O–H groups in total. The summed E-state index contributed by atoms with van der Waals surface area (Å²) in [6.07, 6.45) is 2.07. The minimum atomic E-state index is 0.759. The molecule has 2 rings (SSSR count). The van der Waals surface area contributed by atoms with E-state index in [1.54, 1.807) is 14.2 Å². The highest BCUT2D eigenvalue weighted by Gasteiger charge is 2.21. The van der Waals surface area contributed by atoms with Crippen molar-refractivity contribution in [2.45, 2.75) is 19.4 Å². The van der Waals surface area contributed by atoms with Crippen molar-refractivity contribution in [2.24, 2.45) is 5.73 Å². The van der Waals surface area contributed by atoms with Gasteiger partial charge in [-0.3, -0.25) is 4.90 Å². The first-order valence-electron chi connectivity index (χ1n) is 6.45. The first-order valence-corrected chi connectivity index (χ1v) is 6.45. The summed E-state index contributed by atoms with van der Waals surface area (Å²) < 4.78 is 10.8. The fourth-order valence-electron chi connectivity index (χ4n) is 2.55. The first-order chi connectivity index (χ1) is 8.80. The van der Waals surface area contributed by atoms with Crippen LogP contribution in [0.5, 0.6) is 11.5 Å². The molecule has 4 heteroatoms. The average molecular weight is 250 g/mol. The maximum absolute atomic E-state index is 5.56. The van der Waals surface area contributed by atoms with Gasteiger partial charge < -0.3 is 15.2 Å². The second-order valence-corrected chi connectivity index (χ2v) is 4.61. The van der Waals surface area contributed by atoms with E-state index in [1.165, 1.54) is 11.1 Å². The first kappa shape index (κ1) is 13.2. The molecule has 0 atom stereocenters. The molecule has 1 aliphatic rings. The highest BCUT2D eigenvalue weighted by atomic mass is 16.5. The van der Waals surface area contributed by atoms with E-state index >= 15 is 0 Å². The van der Waals surface area contributed by atoms with Crippen LogP contribution in [0.3, 0.4) is 0 Å². The smallest absolute Gasteiger partial charge is 0.164 e. The summed E-state index contributed by atoms with van der Waals surface area (Å²) in [6.45, 7) is 3.88. The Balaban J connectivity index is 2.19. The summed E-state index contributed by atoms with van der Waals surface area (Å²) >= 11 is 0. The summed E-state index contributed by atoms with van der Waals surface area (Å²) in [7, 11) is 3.39. The van der Waals surface area contributed by atoms with Gasteiger partial charge in [-0.25, -0.2) is 0 Å². The van der Waals surface area contributed by atoms with Crippen LogP contribution in [-0.4, -0.2) is 38.8 Å². The molecule has 0 aromatic heterocycles. The Morgan fingerprint density at radius 2 is 2.11 bits per heavy atom. The van der Waals surface area contributed by atoms with E-state index in [2.05, 4.69) is 11.0 Å². The minimum absolute atomic E-state index is 0.759. The van der Waals surface area contributed by atoms with Crippen molar-refractivity contribution < 1.29 is 9.47 Å². The molecule has 1 aromatic rings. The molecular weight excluding hydrogens is 228 g/mol. The topological polar surface area (TPSA) is 47.7 Å². The summed E-state index contributed by atoms with van der Waals surface area (Å²) in [6, 6.07) is 4.13. The van der Waals surface area contributed by atoms with Crippen LogP contribution >= 0.6 is 0 Å². The van der Waals surface area contributed by atoms with Crippen LogP contribution in [0.4, 0.5) is 0 Å². The molecular formula is C14H22N2O2. The van der Waals surface area contributed by atoms with E-state index in [-0.39, 0.29) is 0 Å². The number of nitrogens with two attached hydrogens (primary N) is 1. The third kappa shape index (κ3) is 2.60. The molecule has 18 heavy (non-hydrogen) atoms. The number of benzene rings is 1. The lowest BCUT2D eigenvalue weighted by molar-refractivity contribution is 0.248. The van der Waals surface area contributed by atoms with Crippen molar-refractivity contribution >= 4 is 0 Å². The van der Waals surface area contributed by atoms with Crippen molar-refractivity contribution in [3.8, 4) is 11.5 Å². The van der Waals surface area contributed by atoms with Crippen molar-refractivity contribution in [1.82, 2.24) is 4.90 Å². The lowest BCUT2D eigenvalue weighted by atomic mass is 9.98. The Morgan fingerprint density at radius 3 is 2.78 bits per heavy atom. The molecule has 0 aliphatic carbocycles. The van der Waals surface area contributed by atoms with Gasteiger partial charge in [0.25, 0.3) is 0 Å². The van der Waals surface area contributed by atoms with Gasteiger partial charge in [-0.1, -0.05) is 6.07 Å². The number of methoxy groups -OCH3 is 2. The van der Waals surface area contributed by atoms with Gasteiger partial charge in [0.15, 0.2) is 11.5 Å². The van der Waals surface area contributed by atoms with E-state index in [1.807, 2.05) is 6.07 Å². The van der Waals surface area contributed by atoms with Crippen molar-refractivity contribution in [1.29, 1.82) is 0 Å². The van der Waals surface area contributed by atoms with Gasteiger partial charge in [-0.05, 0) is 37.6 Å². The third-order valence-electron chi connectivity index (χ3n) is 3.50. The zero-order chi connectivity index (χ0) is 13.0. The van der Waals surface area contributed by atoms with Gasteiger partial charge >= 0.3 is 0 Å². The normalized spacial score (nSPS) is 15.3. The van der Waals surface area contributed by atoms with E-state index in [9.17, 15) is 0 Å². The highest BCUT2D eigenvalue weighted by Crippen LogP contribution is 2.36. The van der Waals surface area contributed by atoms with Gasteiger partial charge in [0, 0.05) is 18.7 Å². The highest BCUT2D eigenvalue weighted by molar-refractivity contribution is 5.51. The molecule has 0 saturated carbocycles.